The molecule has 8 aromatic rings. The van der Waals surface area contributed by atoms with Crippen molar-refractivity contribution in [3.05, 3.63) is 187 Å². The van der Waals surface area contributed by atoms with Crippen molar-refractivity contribution in [3.63, 3.8) is 0 Å². The van der Waals surface area contributed by atoms with Gasteiger partial charge in [-0.25, -0.2) is 8.42 Å². The molecule has 6 aliphatic rings. The number of aliphatic hydroxyl groups excluding tert-OH is 1. The lowest BCUT2D eigenvalue weighted by molar-refractivity contribution is -0.121. The first-order valence-corrected chi connectivity index (χ1v) is 31.6. The van der Waals surface area contributed by atoms with E-state index in [-0.39, 0.29) is 12.3 Å². The lowest BCUT2D eigenvalue weighted by Gasteiger charge is -2.42. The molecule has 14 rings (SSSR count). The Kier molecular flexibility index (Phi) is 21.1. The van der Waals surface area contributed by atoms with Gasteiger partial charge in [0.05, 0.1) is 24.7 Å². The number of hydrogen-bond donors (Lipinski definition) is 4. The summed E-state index contributed by atoms with van der Waals surface area (Å²) in [6.45, 7) is 13.5. The van der Waals surface area contributed by atoms with Gasteiger partial charge in [-0.1, -0.05) is 140 Å². The molecule has 0 aromatic heterocycles. The monoisotopic (exact) mass is 1150 g/mol. The molecule has 6 aliphatic heterocycles. The fourth-order valence-electron chi connectivity index (χ4n) is 12.3. The van der Waals surface area contributed by atoms with Crippen LogP contribution in [0.5, 0.6) is 0 Å². The highest BCUT2D eigenvalue weighted by Gasteiger charge is 2.50. The van der Waals surface area contributed by atoms with E-state index in [1.54, 1.807) is 16.4 Å². The fourth-order valence-corrected chi connectivity index (χ4v) is 14.0. The van der Waals surface area contributed by atoms with Crippen LogP contribution < -0.4 is 16.4 Å². The van der Waals surface area contributed by atoms with Crippen molar-refractivity contribution < 1.29 is 32.6 Å². The maximum atomic E-state index is 13.7. The van der Waals surface area contributed by atoms with Crippen LogP contribution in [0.15, 0.2) is 175 Å². The number of nitrogens with two attached hydrogens (primary N) is 1. The number of ketones is 2. The number of carbonyl (C=O) groups is 2. The number of carbonyl (C=O) groups excluding carboxylic acids is 2. The zero-order chi connectivity index (χ0) is 58.2. The van der Waals surface area contributed by atoms with Gasteiger partial charge in [0.1, 0.15) is 23.0 Å². The Morgan fingerprint density at radius 3 is 1.29 bits per heavy atom. The van der Waals surface area contributed by atoms with Crippen molar-refractivity contribution in [3.8, 4) is 0 Å². The maximum Gasteiger partial charge on any atom is 0.245 e. The van der Waals surface area contributed by atoms with Crippen molar-refractivity contribution in [1.29, 1.82) is 0 Å². The number of ether oxygens (including phenoxy) is 2. The second kappa shape index (κ2) is 29.2. The lowest BCUT2D eigenvalue weighted by Crippen LogP contribution is -2.54. The van der Waals surface area contributed by atoms with Crippen LogP contribution in [0.2, 0.25) is 0 Å². The molecular weight excluding hydrogens is 1070 g/mol. The summed E-state index contributed by atoms with van der Waals surface area (Å²) >= 11 is 0. The minimum absolute atomic E-state index is 0.0140. The average molecular weight is 1150 g/mol. The number of benzene rings is 8. The number of hydrogen-bond acceptors (Lipinski definition) is 13. The summed E-state index contributed by atoms with van der Waals surface area (Å²) in [4.78, 5) is 29.3. The van der Waals surface area contributed by atoms with Gasteiger partial charge in [0, 0.05) is 143 Å². The Bertz CT molecular complexity index is 3560. The molecule has 8 aromatic carbocycles. The van der Waals surface area contributed by atoms with Crippen molar-refractivity contribution in [1.82, 2.24) is 29.6 Å². The third-order valence-corrected chi connectivity index (χ3v) is 19.0. The average Bonchev–Trinajstić information content (AvgIpc) is 3.74. The van der Waals surface area contributed by atoms with Gasteiger partial charge in [0.2, 0.25) is 10.0 Å². The Labute approximate surface area is 495 Å². The zero-order valence-electron chi connectivity index (χ0n) is 48.5. The Morgan fingerprint density at radius 1 is 0.464 bits per heavy atom. The van der Waals surface area contributed by atoms with E-state index in [4.69, 9.17) is 20.3 Å². The quantitative estimate of drug-likeness (QED) is 0.108. The molecule has 0 amide bonds. The van der Waals surface area contributed by atoms with E-state index in [1.807, 2.05) is 30.3 Å². The molecule has 442 valence electrons. The first kappa shape index (κ1) is 60.8. The highest BCUT2D eigenvalue weighted by atomic mass is 32.2. The summed E-state index contributed by atoms with van der Waals surface area (Å²) in [5, 5.41) is 24.1. The summed E-state index contributed by atoms with van der Waals surface area (Å²) < 4.78 is 41.0. The number of fused-ring (bicyclic) bond motifs is 4. The van der Waals surface area contributed by atoms with Crippen LogP contribution in [-0.2, 0) is 48.7 Å². The molecular formula is C69H83N7O7S. The van der Waals surface area contributed by atoms with Crippen LogP contribution in [0.4, 0.5) is 0 Å². The molecule has 6 saturated heterocycles. The molecule has 6 fully saturated rings. The molecule has 6 heterocycles. The molecule has 0 unspecified atom stereocenters. The molecule has 84 heavy (non-hydrogen) atoms. The van der Waals surface area contributed by atoms with Crippen molar-refractivity contribution >= 4 is 64.7 Å². The Hall–Kier alpha value is -6.31. The number of nitrogens with zero attached hydrogens (tertiary/aromatic N) is 4. The summed E-state index contributed by atoms with van der Waals surface area (Å²) in [5.74, 6) is 0.809. The largest absolute Gasteiger partial charge is 0.395 e. The predicted molar refractivity (Wildman–Crippen MR) is 337 cm³/mol. The molecule has 0 radical (unpaired) electrons. The maximum absolute atomic E-state index is 13.7. The minimum atomic E-state index is -3.65. The van der Waals surface area contributed by atoms with E-state index in [0.717, 1.165) is 122 Å². The van der Waals surface area contributed by atoms with Crippen LogP contribution in [0.1, 0.15) is 68.1 Å². The number of sulfonamides is 1. The summed E-state index contributed by atoms with van der Waals surface area (Å²) in [7, 11) is -3.65. The molecule has 15 heteroatoms. The van der Waals surface area contributed by atoms with Gasteiger partial charge < -0.3 is 25.6 Å². The van der Waals surface area contributed by atoms with Crippen molar-refractivity contribution in [2.75, 3.05) is 91.8 Å². The third kappa shape index (κ3) is 16.0. The first-order chi connectivity index (χ1) is 41.0. The van der Waals surface area contributed by atoms with Gasteiger partial charge in [0.25, 0.3) is 0 Å². The third-order valence-electron chi connectivity index (χ3n) is 17.0. The number of nitrogens with one attached hydrogen (secondary N) is 2. The van der Waals surface area contributed by atoms with E-state index < -0.39 is 15.7 Å². The highest BCUT2D eigenvalue weighted by molar-refractivity contribution is 7.89. The topological polar surface area (TPSA) is 170 Å². The molecule has 5 N–H and O–H groups in total. The molecule has 0 bridgehead atoms. The second-order valence-corrected chi connectivity index (χ2v) is 24.7. The van der Waals surface area contributed by atoms with Gasteiger partial charge in [-0.15, -0.1) is 0 Å². The first-order valence-electron chi connectivity index (χ1n) is 30.2. The number of Topliss-reactive ketones (excluding diaryl/α,β-unsaturated/α-hetero) is 2. The van der Waals surface area contributed by atoms with Crippen LogP contribution in [0.25, 0.3) is 43.1 Å². The lowest BCUT2D eigenvalue weighted by atomic mass is 9.99. The SMILES string of the molecule is NCCO.O=C1CCN(Cc2ccc3ccccc3c2)CC1.O=C1CCNCC1.O=S(=O)(c1ccc2ccccc2c1)N1CCOC12CCN(Cc1ccc3ccccc3c1)CC2.c1ccc2cc(CN3CCC4(CC3)NCCO4)ccc2c1. The molecule has 2 spiro atoms. The van der Waals surface area contributed by atoms with Gasteiger partial charge in [-0.05, 0) is 90.1 Å². The molecule has 0 aliphatic carbocycles. The molecule has 14 nitrogen and oxygen atoms in total. The van der Waals surface area contributed by atoms with Crippen LogP contribution in [0.3, 0.4) is 0 Å². The molecule has 0 saturated carbocycles. The number of rotatable bonds is 9. The van der Waals surface area contributed by atoms with E-state index in [1.165, 1.54) is 49.0 Å². The van der Waals surface area contributed by atoms with E-state index in [9.17, 15) is 18.0 Å². The number of piperidine rings is 4. The Balaban J connectivity index is 0.000000135. The minimum Gasteiger partial charge on any atom is -0.395 e. The summed E-state index contributed by atoms with van der Waals surface area (Å²) in [6, 6.07) is 58.7. The van der Waals surface area contributed by atoms with Crippen LogP contribution >= 0.6 is 0 Å². The summed E-state index contributed by atoms with van der Waals surface area (Å²) in [6.07, 6.45) is 6.45. The highest BCUT2D eigenvalue weighted by Crippen LogP contribution is 2.39. The fraction of sp³-hybridized carbons (Fsp3) is 0.391. The van der Waals surface area contributed by atoms with Gasteiger partial charge in [0.15, 0.2) is 0 Å². The summed E-state index contributed by atoms with van der Waals surface area (Å²) in [5.41, 5.74) is 8.04. The van der Waals surface area contributed by atoms with Crippen LogP contribution in [0, 0.1) is 0 Å². The van der Waals surface area contributed by atoms with Gasteiger partial charge in [-0.3, -0.25) is 29.6 Å². The van der Waals surface area contributed by atoms with Gasteiger partial charge >= 0.3 is 0 Å². The normalized spacial score (nSPS) is 19.3. The molecule has 0 atom stereocenters. The van der Waals surface area contributed by atoms with E-state index in [2.05, 4.69) is 153 Å². The zero-order valence-corrected chi connectivity index (χ0v) is 49.3. The van der Waals surface area contributed by atoms with Crippen molar-refractivity contribution in [2.45, 2.75) is 87.3 Å². The van der Waals surface area contributed by atoms with E-state index in [0.29, 0.717) is 61.8 Å². The van der Waals surface area contributed by atoms with Crippen LogP contribution in [-0.4, -0.2) is 147 Å². The van der Waals surface area contributed by atoms with E-state index >= 15 is 0 Å². The van der Waals surface area contributed by atoms with Crippen molar-refractivity contribution in [2.24, 2.45) is 5.73 Å². The van der Waals surface area contributed by atoms with Gasteiger partial charge in [-0.2, -0.15) is 4.31 Å². The Morgan fingerprint density at radius 2 is 0.869 bits per heavy atom. The standard InChI is InChI=1S/C28H28N2O3S.C18H22N2O.C16H17NO.C5H9NO.C2H7NO/c31-34(32,27-12-11-24-6-2-4-8-26(24)20-27)30-17-18-33-28(30)13-15-29(16-14-28)21-22-9-10-23-5-1-3-7-25(23)19-22;1-2-4-17-13-15(5-6-16(17)3-1)14-20-10-7-18(8-11-20)19-9-12-21-18;18-16-7-9-17(10-8-16)12-13-5-6-14-3-1-2-4-15(14)11-13;7-5-1-3-6-4-2-5;3-1-2-4/h1-12,19-20H,13-18,21H2;1-6,13,19H,7-12,14H2;1-6,11H,7-10,12H2;6H,1-4H2;4H,1-3H2. The number of likely N-dealkylation sites (tertiary alicyclic amines) is 3. The predicted octanol–water partition coefficient (Wildman–Crippen LogP) is 9.64. The second-order valence-electron chi connectivity index (χ2n) is 22.9. The smallest absolute Gasteiger partial charge is 0.245 e. The number of aliphatic hydroxyl groups is 1.